The molecule has 1 saturated heterocycles. The van der Waals surface area contributed by atoms with E-state index >= 15 is 0 Å². The molecule has 1 N–H and O–H groups in total. The number of carbonyl (C=O) groups excluding carboxylic acids is 1. The Labute approximate surface area is 121 Å². The van der Waals surface area contributed by atoms with Gasteiger partial charge in [-0.15, -0.1) is 0 Å². The number of benzene rings is 1. The third kappa shape index (κ3) is 3.26. The molecule has 1 unspecified atom stereocenters. The number of nitrogens with one attached hydrogen (secondary N) is 1. The Bertz CT molecular complexity index is 530. The second-order valence-corrected chi connectivity index (χ2v) is 5.33. The monoisotopic (exact) mass is 297 g/mol. The molecule has 0 radical (unpaired) electrons. The second-order valence-electron chi connectivity index (χ2n) is 4.90. The molecule has 0 saturated carbocycles. The molecule has 1 aromatic carbocycles. The Morgan fingerprint density at radius 1 is 1.60 bits per heavy atom. The van der Waals surface area contributed by atoms with E-state index in [1.165, 1.54) is 23.1 Å². The first kappa shape index (κ1) is 14.7. The highest BCUT2D eigenvalue weighted by atomic mass is 35.5. The van der Waals surface area contributed by atoms with Crippen molar-refractivity contribution in [3.05, 3.63) is 38.9 Å². The summed E-state index contributed by atoms with van der Waals surface area (Å²) in [5.74, 6) is -0.359. The molecule has 0 aliphatic carbocycles. The summed E-state index contributed by atoms with van der Waals surface area (Å²) in [4.78, 5) is 24.3. The Morgan fingerprint density at radius 3 is 2.95 bits per heavy atom. The van der Waals surface area contributed by atoms with Crippen LogP contribution >= 0.6 is 11.6 Å². The van der Waals surface area contributed by atoms with Gasteiger partial charge in [0.25, 0.3) is 11.6 Å². The first-order valence-corrected chi connectivity index (χ1v) is 6.79. The van der Waals surface area contributed by atoms with Gasteiger partial charge in [-0.1, -0.05) is 11.6 Å². The van der Waals surface area contributed by atoms with Gasteiger partial charge in [-0.25, -0.2) is 0 Å². The first-order chi connectivity index (χ1) is 9.49. The van der Waals surface area contributed by atoms with E-state index in [0.717, 1.165) is 19.4 Å². The van der Waals surface area contributed by atoms with Crippen molar-refractivity contribution >= 4 is 23.2 Å². The molecule has 1 aromatic rings. The Kier molecular flexibility index (Phi) is 4.57. The number of nitrogens with zero attached hydrogens (tertiary/aromatic N) is 2. The van der Waals surface area contributed by atoms with Gasteiger partial charge >= 0.3 is 0 Å². The quantitative estimate of drug-likeness (QED) is 0.682. The highest BCUT2D eigenvalue weighted by molar-refractivity contribution is 6.31. The SMILES string of the molecule is CN(CC1CCCN1)C(=O)c1ccc(Cl)cc1[N+](=O)[O-]. The van der Waals surface area contributed by atoms with Gasteiger partial charge < -0.3 is 10.2 Å². The van der Waals surface area contributed by atoms with E-state index in [9.17, 15) is 14.9 Å². The number of nitro benzene ring substituents is 1. The molecule has 1 atom stereocenters. The van der Waals surface area contributed by atoms with Gasteiger partial charge in [0.05, 0.1) is 4.92 Å². The molecule has 0 spiro atoms. The van der Waals surface area contributed by atoms with Crippen LogP contribution in [-0.4, -0.2) is 41.9 Å². The van der Waals surface area contributed by atoms with Crippen molar-refractivity contribution in [2.75, 3.05) is 20.1 Å². The molecule has 7 heteroatoms. The van der Waals surface area contributed by atoms with Gasteiger partial charge in [-0.3, -0.25) is 14.9 Å². The average molecular weight is 298 g/mol. The third-order valence-electron chi connectivity index (χ3n) is 3.39. The lowest BCUT2D eigenvalue weighted by Gasteiger charge is -2.21. The molecular formula is C13H16ClN3O3. The minimum Gasteiger partial charge on any atom is -0.340 e. The number of rotatable bonds is 4. The Balaban J connectivity index is 2.17. The molecule has 108 valence electrons. The van der Waals surface area contributed by atoms with Crippen molar-refractivity contribution in [2.45, 2.75) is 18.9 Å². The fourth-order valence-corrected chi connectivity index (χ4v) is 2.53. The van der Waals surface area contributed by atoms with E-state index in [2.05, 4.69) is 5.32 Å². The molecule has 1 fully saturated rings. The van der Waals surface area contributed by atoms with E-state index in [4.69, 9.17) is 11.6 Å². The van der Waals surface area contributed by atoms with Crippen LogP contribution in [0.1, 0.15) is 23.2 Å². The first-order valence-electron chi connectivity index (χ1n) is 6.42. The summed E-state index contributed by atoms with van der Waals surface area (Å²) in [6, 6.07) is 4.36. The van der Waals surface area contributed by atoms with Gasteiger partial charge in [0.15, 0.2) is 0 Å². The fraction of sp³-hybridized carbons (Fsp3) is 0.462. The van der Waals surface area contributed by atoms with Crippen molar-refractivity contribution in [3.8, 4) is 0 Å². The van der Waals surface area contributed by atoms with Gasteiger partial charge in [0, 0.05) is 30.7 Å². The van der Waals surface area contributed by atoms with E-state index in [1.54, 1.807) is 7.05 Å². The lowest BCUT2D eigenvalue weighted by molar-refractivity contribution is -0.385. The van der Waals surface area contributed by atoms with Crippen molar-refractivity contribution in [2.24, 2.45) is 0 Å². The topological polar surface area (TPSA) is 75.5 Å². The number of nitro groups is 1. The molecular weight excluding hydrogens is 282 g/mol. The molecule has 0 aromatic heterocycles. The van der Waals surface area contributed by atoms with Crippen molar-refractivity contribution in [1.29, 1.82) is 0 Å². The van der Waals surface area contributed by atoms with Gasteiger partial charge in [0.2, 0.25) is 0 Å². The number of amides is 1. The lowest BCUT2D eigenvalue weighted by Crippen LogP contribution is -2.38. The molecule has 1 aliphatic rings. The maximum absolute atomic E-state index is 12.3. The van der Waals surface area contributed by atoms with Gasteiger partial charge in [-0.05, 0) is 31.5 Å². The molecule has 1 amide bonds. The highest BCUT2D eigenvalue weighted by Gasteiger charge is 2.25. The molecule has 2 rings (SSSR count). The number of carbonyl (C=O) groups is 1. The van der Waals surface area contributed by atoms with Gasteiger partial charge in [0.1, 0.15) is 5.56 Å². The molecule has 1 heterocycles. The van der Waals surface area contributed by atoms with E-state index in [1.807, 2.05) is 0 Å². The minimum absolute atomic E-state index is 0.0693. The van der Waals surface area contributed by atoms with Crippen LogP contribution in [0, 0.1) is 10.1 Å². The highest BCUT2D eigenvalue weighted by Crippen LogP contribution is 2.24. The summed E-state index contributed by atoms with van der Waals surface area (Å²) in [7, 11) is 1.65. The summed E-state index contributed by atoms with van der Waals surface area (Å²) in [6.45, 7) is 1.49. The van der Waals surface area contributed by atoms with Crippen LogP contribution in [-0.2, 0) is 0 Å². The van der Waals surface area contributed by atoms with Crippen molar-refractivity contribution in [1.82, 2.24) is 10.2 Å². The van der Waals surface area contributed by atoms with Crippen LogP contribution in [0.25, 0.3) is 0 Å². The summed E-state index contributed by atoms with van der Waals surface area (Å²) in [5.41, 5.74) is -0.186. The van der Waals surface area contributed by atoms with Crippen molar-refractivity contribution in [3.63, 3.8) is 0 Å². The summed E-state index contributed by atoms with van der Waals surface area (Å²) in [5, 5.41) is 14.5. The predicted molar refractivity (Wildman–Crippen MR) is 76.1 cm³/mol. The largest absolute Gasteiger partial charge is 0.340 e. The summed E-state index contributed by atoms with van der Waals surface area (Å²) in [6.07, 6.45) is 2.11. The maximum Gasteiger partial charge on any atom is 0.283 e. The maximum atomic E-state index is 12.3. The normalized spacial score (nSPS) is 18.0. The zero-order valence-corrected chi connectivity index (χ0v) is 11.9. The fourth-order valence-electron chi connectivity index (χ4n) is 2.37. The standard InChI is InChI=1S/C13H16ClN3O3/c1-16(8-10-3-2-6-15-10)13(18)11-5-4-9(14)7-12(11)17(19)20/h4-5,7,10,15H,2-3,6,8H2,1H3. The smallest absolute Gasteiger partial charge is 0.283 e. The molecule has 6 nitrogen and oxygen atoms in total. The minimum atomic E-state index is -0.583. The summed E-state index contributed by atoms with van der Waals surface area (Å²) < 4.78 is 0. The lowest BCUT2D eigenvalue weighted by atomic mass is 10.1. The Hall–Kier alpha value is -1.66. The van der Waals surface area contributed by atoms with Gasteiger partial charge in [-0.2, -0.15) is 0 Å². The van der Waals surface area contributed by atoms with Crippen LogP contribution in [0.4, 0.5) is 5.69 Å². The Morgan fingerprint density at radius 2 is 2.35 bits per heavy atom. The average Bonchev–Trinajstić information content (AvgIpc) is 2.90. The third-order valence-corrected chi connectivity index (χ3v) is 3.63. The molecule has 1 aliphatic heterocycles. The number of hydrogen-bond donors (Lipinski definition) is 1. The number of hydrogen-bond acceptors (Lipinski definition) is 4. The zero-order valence-electron chi connectivity index (χ0n) is 11.1. The summed E-state index contributed by atoms with van der Waals surface area (Å²) >= 11 is 5.74. The van der Waals surface area contributed by atoms with E-state index in [-0.39, 0.29) is 28.2 Å². The van der Waals surface area contributed by atoms with E-state index < -0.39 is 4.92 Å². The van der Waals surface area contributed by atoms with Crippen molar-refractivity contribution < 1.29 is 9.72 Å². The van der Waals surface area contributed by atoms with Crippen LogP contribution < -0.4 is 5.32 Å². The number of halogens is 1. The van der Waals surface area contributed by atoms with Crippen LogP contribution in [0.2, 0.25) is 5.02 Å². The van der Waals surface area contributed by atoms with Crippen LogP contribution in [0.15, 0.2) is 18.2 Å². The number of likely N-dealkylation sites (N-methyl/N-ethyl adjacent to an activating group) is 1. The second kappa shape index (κ2) is 6.19. The zero-order chi connectivity index (χ0) is 14.7. The van der Waals surface area contributed by atoms with E-state index in [0.29, 0.717) is 6.54 Å². The van der Waals surface area contributed by atoms with Crippen LogP contribution in [0.5, 0.6) is 0 Å². The van der Waals surface area contributed by atoms with Crippen LogP contribution in [0.3, 0.4) is 0 Å². The molecule has 0 bridgehead atoms. The predicted octanol–water partition coefficient (Wildman–Crippen LogP) is 2.07. The molecule has 20 heavy (non-hydrogen) atoms.